The van der Waals surface area contributed by atoms with Crippen LogP contribution in [0.2, 0.25) is 5.15 Å². The number of aromatic nitrogens is 1. The van der Waals surface area contributed by atoms with E-state index in [1.165, 1.54) is 43.5 Å². The number of rotatable bonds is 5. The molecule has 0 bridgehead atoms. The van der Waals surface area contributed by atoms with E-state index in [2.05, 4.69) is 4.98 Å². The van der Waals surface area contributed by atoms with Crippen molar-refractivity contribution < 1.29 is 23.4 Å². The number of hydrogen-bond donors (Lipinski definition) is 1. The average molecular weight is 340 g/mol. The number of methoxy groups -OCH3 is 1. The SMILES string of the molecule is COc1nc(Cl)cc(O)c1C(=O)C=Cc1ccc(C(F)F)cc1. The Morgan fingerprint density at radius 3 is 2.57 bits per heavy atom. The van der Waals surface area contributed by atoms with E-state index in [1.54, 1.807) is 0 Å². The van der Waals surface area contributed by atoms with Gasteiger partial charge in [0.25, 0.3) is 6.43 Å². The molecule has 23 heavy (non-hydrogen) atoms. The minimum Gasteiger partial charge on any atom is -0.507 e. The maximum absolute atomic E-state index is 12.5. The molecule has 7 heteroatoms. The first-order valence-electron chi connectivity index (χ1n) is 6.46. The van der Waals surface area contributed by atoms with E-state index >= 15 is 0 Å². The number of pyridine rings is 1. The number of hydrogen-bond acceptors (Lipinski definition) is 4. The third-order valence-electron chi connectivity index (χ3n) is 2.99. The molecule has 2 aromatic rings. The van der Waals surface area contributed by atoms with Crippen molar-refractivity contribution in [3.8, 4) is 11.6 Å². The molecule has 0 aliphatic carbocycles. The van der Waals surface area contributed by atoms with Gasteiger partial charge in [-0.2, -0.15) is 0 Å². The number of halogens is 3. The summed E-state index contributed by atoms with van der Waals surface area (Å²) in [6.07, 6.45) is 0.0753. The van der Waals surface area contributed by atoms with Gasteiger partial charge in [0.15, 0.2) is 5.78 Å². The van der Waals surface area contributed by atoms with Crippen LogP contribution in [0.25, 0.3) is 6.08 Å². The molecule has 0 aliphatic heterocycles. The molecule has 0 amide bonds. The third-order valence-corrected chi connectivity index (χ3v) is 3.18. The van der Waals surface area contributed by atoms with E-state index in [4.69, 9.17) is 16.3 Å². The van der Waals surface area contributed by atoms with E-state index in [0.717, 1.165) is 6.07 Å². The number of carbonyl (C=O) groups excluding carboxylic acids is 1. The van der Waals surface area contributed by atoms with Gasteiger partial charge in [-0.1, -0.05) is 41.9 Å². The molecule has 0 atom stereocenters. The molecule has 1 aromatic heterocycles. The first-order chi connectivity index (χ1) is 10.9. The van der Waals surface area contributed by atoms with Crippen molar-refractivity contribution in [3.63, 3.8) is 0 Å². The molecular weight excluding hydrogens is 328 g/mol. The van der Waals surface area contributed by atoms with Gasteiger partial charge in [0.1, 0.15) is 16.5 Å². The fraction of sp³-hybridized carbons (Fsp3) is 0.125. The summed E-state index contributed by atoms with van der Waals surface area (Å²) >= 11 is 5.68. The Kier molecular flexibility index (Phi) is 5.28. The number of ether oxygens (including phenoxy) is 1. The highest BCUT2D eigenvalue weighted by Gasteiger charge is 2.18. The summed E-state index contributed by atoms with van der Waals surface area (Å²) in [7, 11) is 1.29. The monoisotopic (exact) mass is 339 g/mol. The highest BCUT2D eigenvalue weighted by Crippen LogP contribution is 2.29. The van der Waals surface area contributed by atoms with Gasteiger partial charge in [0.2, 0.25) is 5.88 Å². The lowest BCUT2D eigenvalue weighted by molar-refractivity contribution is 0.104. The van der Waals surface area contributed by atoms with Crippen molar-refractivity contribution in [1.29, 1.82) is 0 Å². The van der Waals surface area contributed by atoms with E-state index in [-0.39, 0.29) is 27.9 Å². The van der Waals surface area contributed by atoms with Crippen LogP contribution < -0.4 is 4.74 Å². The van der Waals surface area contributed by atoms with E-state index in [1.807, 2.05) is 0 Å². The molecule has 0 saturated heterocycles. The van der Waals surface area contributed by atoms with Crippen molar-refractivity contribution in [2.45, 2.75) is 6.43 Å². The second-order valence-corrected chi connectivity index (χ2v) is 4.90. The second-order valence-electron chi connectivity index (χ2n) is 4.51. The molecule has 0 unspecified atom stereocenters. The van der Waals surface area contributed by atoms with E-state index in [0.29, 0.717) is 5.56 Å². The van der Waals surface area contributed by atoms with Crippen molar-refractivity contribution in [2.24, 2.45) is 0 Å². The number of ketones is 1. The number of allylic oxidation sites excluding steroid dienone is 1. The van der Waals surface area contributed by atoms with Gasteiger partial charge < -0.3 is 9.84 Å². The molecule has 0 spiro atoms. The van der Waals surface area contributed by atoms with Crippen molar-refractivity contribution in [1.82, 2.24) is 4.98 Å². The van der Waals surface area contributed by atoms with E-state index < -0.39 is 12.2 Å². The Balaban J connectivity index is 2.25. The Labute approximate surface area is 136 Å². The normalized spacial score (nSPS) is 11.2. The average Bonchev–Trinajstić information content (AvgIpc) is 2.52. The van der Waals surface area contributed by atoms with Gasteiger partial charge in [0, 0.05) is 11.6 Å². The summed E-state index contributed by atoms with van der Waals surface area (Å²) in [4.78, 5) is 16.0. The highest BCUT2D eigenvalue weighted by molar-refractivity contribution is 6.29. The van der Waals surface area contributed by atoms with Crippen molar-refractivity contribution in [3.05, 3.63) is 58.3 Å². The topological polar surface area (TPSA) is 59.4 Å². The zero-order valence-corrected chi connectivity index (χ0v) is 12.7. The number of nitrogens with zero attached hydrogens (tertiary/aromatic N) is 1. The predicted octanol–water partition coefficient (Wildman–Crippen LogP) is 4.28. The largest absolute Gasteiger partial charge is 0.507 e. The Bertz CT molecular complexity index is 746. The Morgan fingerprint density at radius 1 is 1.35 bits per heavy atom. The van der Waals surface area contributed by atoms with Gasteiger partial charge in [-0.25, -0.2) is 13.8 Å². The maximum Gasteiger partial charge on any atom is 0.263 e. The minimum atomic E-state index is -2.55. The van der Waals surface area contributed by atoms with Gasteiger partial charge in [-0.3, -0.25) is 4.79 Å². The summed E-state index contributed by atoms with van der Waals surface area (Å²) < 4.78 is 29.9. The Hall–Kier alpha value is -2.47. The van der Waals surface area contributed by atoms with Crippen molar-refractivity contribution >= 4 is 23.5 Å². The Morgan fingerprint density at radius 2 is 2.00 bits per heavy atom. The summed E-state index contributed by atoms with van der Waals surface area (Å²) in [5.41, 5.74) is 0.329. The lowest BCUT2D eigenvalue weighted by Crippen LogP contribution is -2.02. The molecule has 1 N–H and O–H groups in total. The van der Waals surface area contributed by atoms with Crippen LogP contribution in [-0.4, -0.2) is 23.0 Å². The van der Waals surface area contributed by atoms with Crippen LogP contribution in [0.5, 0.6) is 11.6 Å². The lowest BCUT2D eigenvalue weighted by atomic mass is 10.1. The molecule has 1 aromatic carbocycles. The summed E-state index contributed by atoms with van der Waals surface area (Å²) in [6.45, 7) is 0. The van der Waals surface area contributed by atoms with Gasteiger partial charge in [0.05, 0.1) is 7.11 Å². The summed E-state index contributed by atoms with van der Waals surface area (Å²) in [6, 6.07) is 6.60. The number of aromatic hydroxyl groups is 1. The first kappa shape index (κ1) is 16.9. The standard InChI is InChI=1S/C16H12ClF2NO3/c1-23-16-14(12(22)8-13(17)20-16)11(21)7-4-9-2-5-10(6-3-9)15(18)19/h2-8,15H,1H3,(H,20,22). The van der Waals surface area contributed by atoms with Crippen LogP contribution in [0.4, 0.5) is 8.78 Å². The first-order valence-corrected chi connectivity index (χ1v) is 6.84. The minimum absolute atomic E-state index is 0.0116. The summed E-state index contributed by atoms with van der Waals surface area (Å²) in [5, 5.41) is 9.81. The molecule has 0 saturated carbocycles. The third kappa shape index (κ3) is 4.04. The molecule has 0 aliphatic rings. The fourth-order valence-corrected chi connectivity index (χ4v) is 2.05. The quantitative estimate of drug-likeness (QED) is 0.501. The number of benzene rings is 1. The second kappa shape index (κ2) is 7.19. The molecule has 120 valence electrons. The fourth-order valence-electron chi connectivity index (χ4n) is 1.87. The van der Waals surface area contributed by atoms with Gasteiger partial charge in [-0.15, -0.1) is 0 Å². The molecular formula is C16H12ClF2NO3. The molecule has 0 fully saturated rings. The molecule has 4 nitrogen and oxygen atoms in total. The summed E-state index contributed by atoms with van der Waals surface area (Å²) in [5.74, 6) is -1.01. The zero-order chi connectivity index (χ0) is 17.0. The molecule has 2 rings (SSSR count). The molecule has 1 heterocycles. The van der Waals surface area contributed by atoms with Crippen LogP contribution >= 0.6 is 11.6 Å². The lowest BCUT2D eigenvalue weighted by Gasteiger charge is -2.07. The zero-order valence-electron chi connectivity index (χ0n) is 12.0. The predicted molar refractivity (Wildman–Crippen MR) is 82.2 cm³/mol. The van der Waals surface area contributed by atoms with Gasteiger partial charge >= 0.3 is 0 Å². The smallest absolute Gasteiger partial charge is 0.263 e. The molecule has 0 radical (unpaired) electrons. The highest BCUT2D eigenvalue weighted by atomic mass is 35.5. The van der Waals surface area contributed by atoms with Crippen LogP contribution in [0.1, 0.15) is 27.9 Å². The van der Waals surface area contributed by atoms with E-state index in [9.17, 15) is 18.7 Å². The van der Waals surface area contributed by atoms with Crippen LogP contribution in [0.3, 0.4) is 0 Å². The van der Waals surface area contributed by atoms with Crippen LogP contribution in [0, 0.1) is 0 Å². The van der Waals surface area contributed by atoms with Crippen LogP contribution in [0.15, 0.2) is 36.4 Å². The number of alkyl halides is 2. The maximum atomic E-state index is 12.5. The van der Waals surface area contributed by atoms with Gasteiger partial charge in [-0.05, 0) is 11.6 Å². The number of carbonyl (C=O) groups is 1. The van der Waals surface area contributed by atoms with Crippen LogP contribution in [-0.2, 0) is 0 Å². The van der Waals surface area contributed by atoms with Crippen molar-refractivity contribution in [2.75, 3.05) is 7.11 Å².